The average Bonchev–Trinajstić information content (AvgIpc) is 2.39. The van der Waals surface area contributed by atoms with Crippen LogP contribution >= 0.6 is 23.2 Å². The number of aliphatic hydroxyl groups excluding tert-OH is 1. The molecular formula is C15H14Cl2O2. The molecule has 2 aromatic rings. The predicted octanol–water partition coefficient (Wildman–Crippen LogP) is 4.63. The number of halogens is 2. The van der Waals surface area contributed by atoms with Crippen LogP contribution in [0.1, 0.15) is 24.2 Å². The van der Waals surface area contributed by atoms with E-state index in [0.717, 1.165) is 11.1 Å². The summed E-state index contributed by atoms with van der Waals surface area (Å²) in [5.41, 5.74) is 1.66. The fourth-order valence-corrected chi connectivity index (χ4v) is 2.10. The second kappa shape index (κ2) is 6.29. The van der Waals surface area contributed by atoms with E-state index < -0.39 is 6.10 Å². The van der Waals surface area contributed by atoms with Gasteiger partial charge in [-0.05, 0) is 30.7 Å². The lowest BCUT2D eigenvalue weighted by Gasteiger charge is -2.11. The second-order valence-corrected chi connectivity index (χ2v) is 5.06. The van der Waals surface area contributed by atoms with Crippen LogP contribution in [0.15, 0.2) is 42.5 Å². The van der Waals surface area contributed by atoms with Gasteiger partial charge >= 0.3 is 0 Å². The van der Waals surface area contributed by atoms with E-state index in [2.05, 4.69) is 0 Å². The Morgan fingerprint density at radius 2 is 1.84 bits per heavy atom. The van der Waals surface area contributed by atoms with Crippen LogP contribution in [0.4, 0.5) is 0 Å². The highest BCUT2D eigenvalue weighted by Crippen LogP contribution is 2.29. The molecule has 0 heterocycles. The largest absolute Gasteiger partial charge is 0.487 e. The summed E-state index contributed by atoms with van der Waals surface area (Å²) >= 11 is 12.2. The minimum absolute atomic E-state index is 0.355. The summed E-state index contributed by atoms with van der Waals surface area (Å²) in [6.07, 6.45) is -0.546. The molecule has 0 aliphatic carbocycles. The molecule has 1 N–H and O–H groups in total. The van der Waals surface area contributed by atoms with Crippen molar-refractivity contribution in [1.29, 1.82) is 0 Å². The van der Waals surface area contributed by atoms with Crippen LogP contribution in [-0.4, -0.2) is 5.11 Å². The van der Waals surface area contributed by atoms with Gasteiger partial charge in [0.2, 0.25) is 0 Å². The van der Waals surface area contributed by atoms with Crippen molar-refractivity contribution < 1.29 is 9.84 Å². The van der Waals surface area contributed by atoms with Gasteiger partial charge in [0.1, 0.15) is 12.4 Å². The number of aliphatic hydroxyl groups is 1. The number of hydrogen-bond donors (Lipinski definition) is 1. The summed E-state index contributed by atoms with van der Waals surface area (Å²) in [5, 5.41) is 10.6. The van der Waals surface area contributed by atoms with Crippen molar-refractivity contribution in [2.45, 2.75) is 19.6 Å². The van der Waals surface area contributed by atoms with Crippen molar-refractivity contribution in [2.24, 2.45) is 0 Å². The Morgan fingerprint density at radius 3 is 2.47 bits per heavy atom. The molecule has 4 heteroatoms. The zero-order chi connectivity index (χ0) is 13.8. The quantitative estimate of drug-likeness (QED) is 0.891. The highest BCUT2D eigenvalue weighted by atomic mass is 35.5. The number of benzene rings is 2. The van der Waals surface area contributed by atoms with Gasteiger partial charge in [0.05, 0.1) is 11.1 Å². The van der Waals surface area contributed by atoms with Crippen molar-refractivity contribution in [3.05, 3.63) is 63.6 Å². The molecule has 0 spiro atoms. The van der Waals surface area contributed by atoms with Gasteiger partial charge in [-0.1, -0.05) is 47.5 Å². The van der Waals surface area contributed by atoms with Crippen LogP contribution in [0, 0.1) is 0 Å². The van der Waals surface area contributed by atoms with Crippen molar-refractivity contribution in [3.8, 4) is 5.75 Å². The topological polar surface area (TPSA) is 29.5 Å². The van der Waals surface area contributed by atoms with E-state index >= 15 is 0 Å². The Labute approximate surface area is 122 Å². The Balaban J connectivity index is 2.10. The normalized spacial score (nSPS) is 12.2. The lowest BCUT2D eigenvalue weighted by Crippen LogP contribution is -1.98. The van der Waals surface area contributed by atoms with Crippen LogP contribution in [0.5, 0.6) is 5.75 Å². The Hall–Kier alpha value is -1.22. The van der Waals surface area contributed by atoms with E-state index in [9.17, 15) is 5.11 Å². The van der Waals surface area contributed by atoms with Crippen molar-refractivity contribution in [1.82, 2.24) is 0 Å². The van der Waals surface area contributed by atoms with Gasteiger partial charge in [0.15, 0.2) is 0 Å². The van der Waals surface area contributed by atoms with E-state index in [-0.39, 0.29) is 0 Å². The molecule has 0 aliphatic rings. The first-order valence-corrected chi connectivity index (χ1v) is 6.67. The third-order valence-corrected chi connectivity index (χ3v) is 3.44. The van der Waals surface area contributed by atoms with Gasteiger partial charge in [0, 0.05) is 10.6 Å². The van der Waals surface area contributed by atoms with Crippen molar-refractivity contribution in [3.63, 3.8) is 0 Å². The zero-order valence-electron chi connectivity index (χ0n) is 10.4. The molecule has 0 aromatic heterocycles. The molecule has 0 saturated heterocycles. The molecule has 0 radical (unpaired) electrons. The summed E-state index contributed by atoms with van der Waals surface area (Å²) in [5.74, 6) is 0.575. The van der Waals surface area contributed by atoms with E-state index in [0.29, 0.717) is 22.4 Å². The molecule has 19 heavy (non-hydrogen) atoms. The van der Waals surface area contributed by atoms with Crippen molar-refractivity contribution in [2.75, 3.05) is 0 Å². The van der Waals surface area contributed by atoms with E-state index in [1.807, 2.05) is 24.3 Å². The zero-order valence-corrected chi connectivity index (χ0v) is 11.9. The van der Waals surface area contributed by atoms with Gasteiger partial charge in [-0.25, -0.2) is 0 Å². The summed E-state index contributed by atoms with van der Waals surface area (Å²) in [4.78, 5) is 0. The maximum absolute atomic E-state index is 9.47. The van der Waals surface area contributed by atoms with E-state index in [4.69, 9.17) is 27.9 Å². The molecule has 2 aromatic carbocycles. The third-order valence-electron chi connectivity index (χ3n) is 2.78. The highest BCUT2D eigenvalue weighted by molar-refractivity contribution is 6.32. The second-order valence-electron chi connectivity index (χ2n) is 4.25. The van der Waals surface area contributed by atoms with Gasteiger partial charge in [0.25, 0.3) is 0 Å². The van der Waals surface area contributed by atoms with Crippen LogP contribution < -0.4 is 4.74 Å². The van der Waals surface area contributed by atoms with Gasteiger partial charge in [-0.2, -0.15) is 0 Å². The van der Waals surface area contributed by atoms with Gasteiger partial charge < -0.3 is 9.84 Å². The summed E-state index contributed by atoms with van der Waals surface area (Å²) in [7, 11) is 0. The Morgan fingerprint density at radius 1 is 1.11 bits per heavy atom. The molecule has 0 saturated carbocycles. The van der Waals surface area contributed by atoms with Crippen LogP contribution in [0.25, 0.3) is 0 Å². The lowest BCUT2D eigenvalue weighted by atomic mass is 10.1. The fourth-order valence-electron chi connectivity index (χ4n) is 1.66. The standard InChI is InChI=1S/C15H14Cl2O2/c1-10(18)11-6-7-15(14(17)8-11)19-9-12-4-2-3-5-13(12)16/h2-8,10,18H,9H2,1H3/t10-/m0/s1. The molecule has 2 nitrogen and oxygen atoms in total. The number of hydrogen-bond acceptors (Lipinski definition) is 2. The summed E-state index contributed by atoms with van der Waals surface area (Å²) in [6, 6.07) is 12.7. The molecule has 100 valence electrons. The Bertz CT molecular complexity index is 568. The van der Waals surface area contributed by atoms with Gasteiger partial charge in [-0.3, -0.25) is 0 Å². The number of rotatable bonds is 4. The molecule has 2 rings (SSSR count). The molecule has 1 atom stereocenters. The number of ether oxygens (including phenoxy) is 1. The molecule has 0 fully saturated rings. The first-order chi connectivity index (χ1) is 9.08. The maximum Gasteiger partial charge on any atom is 0.138 e. The monoisotopic (exact) mass is 296 g/mol. The van der Waals surface area contributed by atoms with Crippen molar-refractivity contribution >= 4 is 23.2 Å². The molecular weight excluding hydrogens is 283 g/mol. The average molecular weight is 297 g/mol. The van der Waals surface area contributed by atoms with Crippen LogP contribution in [0.3, 0.4) is 0 Å². The summed E-state index contributed by atoms with van der Waals surface area (Å²) < 4.78 is 5.64. The Kier molecular flexibility index (Phi) is 4.70. The fraction of sp³-hybridized carbons (Fsp3) is 0.200. The van der Waals surface area contributed by atoms with Crippen LogP contribution in [-0.2, 0) is 6.61 Å². The first-order valence-electron chi connectivity index (χ1n) is 5.91. The predicted molar refractivity (Wildman–Crippen MR) is 77.9 cm³/mol. The smallest absolute Gasteiger partial charge is 0.138 e. The third kappa shape index (κ3) is 3.63. The SMILES string of the molecule is C[C@H](O)c1ccc(OCc2ccccc2Cl)c(Cl)c1. The van der Waals surface area contributed by atoms with E-state index in [1.54, 1.807) is 25.1 Å². The minimum Gasteiger partial charge on any atom is -0.487 e. The molecule has 0 bridgehead atoms. The molecule has 0 amide bonds. The highest BCUT2D eigenvalue weighted by Gasteiger charge is 2.07. The lowest BCUT2D eigenvalue weighted by molar-refractivity contribution is 0.199. The van der Waals surface area contributed by atoms with Gasteiger partial charge in [-0.15, -0.1) is 0 Å². The molecule has 0 aliphatic heterocycles. The maximum atomic E-state index is 9.47. The van der Waals surface area contributed by atoms with E-state index in [1.165, 1.54) is 0 Å². The van der Waals surface area contributed by atoms with Crippen LogP contribution in [0.2, 0.25) is 10.0 Å². The minimum atomic E-state index is -0.546. The first kappa shape index (κ1) is 14.2. The molecule has 0 unspecified atom stereocenters. The summed E-state index contributed by atoms with van der Waals surface area (Å²) in [6.45, 7) is 2.04.